The van der Waals surface area contributed by atoms with Crippen molar-refractivity contribution in [3.8, 4) is 0 Å². The summed E-state index contributed by atoms with van der Waals surface area (Å²) in [6, 6.07) is 15.4. The van der Waals surface area contributed by atoms with Crippen molar-refractivity contribution >= 4 is 29.1 Å². The van der Waals surface area contributed by atoms with Gasteiger partial charge in [-0.05, 0) is 56.6 Å². The molecule has 0 radical (unpaired) electrons. The first-order chi connectivity index (χ1) is 16.5. The van der Waals surface area contributed by atoms with Gasteiger partial charge >= 0.3 is 0 Å². The second-order valence-corrected chi connectivity index (χ2v) is 9.25. The third-order valence-electron chi connectivity index (χ3n) is 6.30. The Labute approximate surface area is 208 Å². The van der Waals surface area contributed by atoms with E-state index in [0.717, 1.165) is 57.3 Å². The number of likely N-dealkylation sites (tertiary alicyclic amines) is 1. The fraction of sp³-hybridized carbons (Fsp3) is 0.429. The molecule has 1 heterocycles. The molecule has 0 saturated carbocycles. The molecule has 0 unspecified atom stereocenters. The molecule has 0 bridgehead atoms. The number of aliphatic hydroxyl groups excluding tert-OH is 1. The maximum absolute atomic E-state index is 13.1. The lowest BCUT2D eigenvalue weighted by molar-refractivity contribution is -0.140. The highest BCUT2D eigenvalue weighted by molar-refractivity contribution is 6.46. The zero-order valence-electron chi connectivity index (χ0n) is 20.2. The van der Waals surface area contributed by atoms with E-state index in [1.165, 1.54) is 0 Å². The molecule has 1 aliphatic rings. The molecule has 2 aromatic rings. The van der Waals surface area contributed by atoms with Crippen LogP contribution in [-0.4, -0.2) is 52.8 Å². The summed E-state index contributed by atoms with van der Waals surface area (Å²) >= 11 is 6.09. The number of nitrogens with zero attached hydrogens (tertiary/aromatic N) is 2. The minimum Gasteiger partial charge on any atom is -0.507 e. The Morgan fingerprint density at radius 3 is 2.09 bits per heavy atom. The van der Waals surface area contributed by atoms with Gasteiger partial charge in [-0.2, -0.15) is 0 Å². The Balaban J connectivity index is 1.88. The van der Waals surface area contributed by atoms with E-state index < -0.39 is 17.7 Å². The molecule has 34 heavy (non-hydrogen) atoms. The monoisotopic (exact) mass is 482 g/mol. The van der Waals surface area contributed by atoms with Gasteiger partial charge in [-0.3, -0.25) is 9.59 Å². The zero-order chi connectivity index (χ0) is 24.5. The molecule has 0 spiro atoms. The zero-order valence-corrected chi connectivity index (χ0v) is 20.9. The molecular formula is C28H35ClN2O3. The van der Waals surface area contributed by atoms with E-state index in [1.54, 1.807) is 41.3 Å². The molecule has 5 nitrogen and oxygen atoms in total. The molecule has 1 fully saturated rings. The summed E-state index contributed by atoms with van der Waals surface area (Å²) in [5.74, 6) is -1.35. The quantitative estimate of drug-likeness (QED) is 0.227. The minimum absolute atomic E-state index is 0.132. The van der Waals surface area contributed by atoms with Crippen LogP contribution in [0.4, 0.5) is 0 Å². The van der Waals surface area contributed by atoms with E-state index in [1.807, 2.05) is 18.2 Å². The predicted octanol–water partition coefficient (Wildman–Crippen LogP) is 6.05. The summed E-state index contributed by atoms with van der Waals surface area (Å²) in [5.41, 5.74) is 1.41. The number of halogens is 1. The average molecular weight is 483 g/mol. The second-order valence-electron chi connectivity index (χ2n) is 8.81. The summed E-state index contributed by atoms with van der Waals surface area (Å²) in [5, 5.41) is 11.6. The minimum atomic E-state index is -0.643. The van der Waals surface area contributed by atoms with Gasteiger partial charge in [-0.25, -0.2) is 0 Å². The van der Waals surface area contributed by atoms with Gasteiger partial charge in [0.05, 0.1) is 11.6 Å². The van der Waals surface area contributed by atoms with E-state index >= 15 is 0 Å². The van der Waals surface area contributed by atoms with Crippen LogP contribution < -0.4 is 0 Å². The van der Waals surface area contributed by atoms with E-state index in [2.05, 4.69) is 18.7 Å². The summed E-state index contributed by atoms with van der Waals surface area (Å²) < 4.78 is 0. The molecule has 1 aliphatic heterocycles. The summed E-state index contributed by atoms with van der Waals surface area (Å²) in [7, 11) is 0. The molecule has 1 N–H and O–H groups in total. The van der Waals surface area contributed by atoms with Crippen LogP contribution in [0.15, 0.2) is 60.2 Å². The van der Waals surface area contributed by atoms with Gasteiger partial charge in [0.15, 0.2) is 0 Å². The SMILES string of the molecule is CCCCN(CCCC)CCCN1C(=O)C(=O)C(=C(O)c2ccccc2)[C@@H]1c1ccc(Cl)cc1. The van der Waals surface area contributed by atoms with E-state index in [-0.39, 0.29) is 11.3 Å². The lowest BCUT2D eigenvalue weighted by Crippen LogP contribution is -2.34. The Morgan fingerprint density at radius 1 is 0.912 bits per heavy atom. The largest absolute Gasteiger partial charge is 0.507 e. The van der Waals surface area contributed by atoms with Crippen molar-refractivity contribution in [2.45, 2.75) is 52.0 Å². The van der Waals surface area contributed by atoms with Crippen LogP contribution in [0.5, 0.6) is 0 Å². The van der Waals surface area contributed by atoms with E-state index in [0.29, 0.717) is 17.1 Å². The fourth-order valence-electron chi connectivity index (χ4n) is 4.42. The topological polar surface area (TPSA) is 60.9 Å². The molecular weight excluding hydrogens is 448 g/mol. The highest BCUT2D eigenvalue weighted by Crippen LogP contribution is 2.39. The fourth-order valence-corrected chi connectivity index (χ4v) is 4.54. The van der Waals surface area contributed by atoms with Crippen molar-refractivity contribution in [2.75, 3.05) is 26.2 Å². The number of amides is 1. The smallest absolute Gasteiger partial charge is 0.295 e. The molecule has 1 atom stereocenters. The van der Waals surface area contributed by atoms with Crippen LogP contribution in [-0.2, 0) is 9.59 Å². The van der Waals surface area contributed by atoms with Crippen molar-refractivity contribution in [1.29, 1.82) is 0 Å². The number of rotatable bonds is 12. The van der Waals surface area contributed by atoms with Crippen molar-refractivity contribution in [3.05, 3.63) is 76.3 Å². The number of aliphatic hydroxyl groups is 1. The number of carbonyl (C=O) groups is 2. The highest BCUT2D eigenvalue weighted by Gasteiger charge is 2.45. The van der Waals surface area contributed by atoms with Crippen LogP contribution in [0, 0.1) is 0 Å². The molecule has 182 valence electrons. The molecule has 1 amide bonds. The van der Waals surface area contributed by atoms with Gasteiger partial charge in [-0.1, -0.05) is 80.8 Å². The molecule has 1 saturated heterocycles. The number of carbonyl (C=O) groups excluding carboxylic acids is 2. The van der Waals surface area contributed by atoms with Crippen molar-refractivity contribution in [3.63, 3.8) is 0 Å². The Kier molecular flexibility index (Phi) is 9.73. The van der Waals surface area contributed by atoms with Gasteiger partial charge in [0.25, 0.3) is 11.7 Å². The predicted molar refractivity (Wildman–Crippen MR) is 138 cm³/mol. The summed E-state index contributed by atoms with van der Waals surface area (Å²) in [6.07, 6.45) is 5.35. The number of ketones is 1. The van der Waals surface area contributed by atoms with Gasteiger partial charge in [0.1, 0.15) is 5.76 Å². The Morgan fingerprint density at radius 2 is 1.50 bits per heavy atom. The normalized spacial score (nSPS) is 17.6. The first kappa shape index (κ1) is 26.0. The second kappa shape index (κ2) is 12.7. The first-order valence-electron chi connectivity index (χ1n) is 12.3. The van der Waals surface area contributed by atoms with Crippen molar-refractivity contribution in [2.24, 2.45) is 0 Å². The number of hydrogen-bond acceptors (Lipinski definition) is 4. The lowest BCUT2D eigenvalue weighted by atomic mass is 9.95. The van der Waals surface area contributed by atoms with Crippen LogP contribution in [0.3, 0.4) is 0 Å². The third kappa shape index (κ3) is 6.28. The molecule has 6 heteroatoms. The van der Waals surface area contributed by atoms with Crippen LogP contribution in [0.2, 0.25) is 5.02 Å². The van der Waals surface area contributed by atoms with Gasteiger partial charge in [0, 0.05) is 17.1 Å². The van der Waals surface area contributed by atoms with Crippen LogP contribution in [0.25, 0.3) is 5.76 Å². The van der Waals surface area contributed by atoms with Crippen molar-refractivity contribution < 1.29 is 14.7 Å². The molecule has 3 rings (SSSR count). The average Bonchev–Trinajstić information content (AvgIpc) is 3.11. The number of Topliss-reactive ketones (excluding diaryl/α,β-unsaturated/α-hetero) is 1. The van der Waals surface area contributed by atoms with E-state index in [4.69, 9.17) is 11.6 Å². The standard InChI is InChI=1S/C28H35ClN2O3/c1-3-5-17-30(18-6-4-2)19-10-20-31-25(21-13-15-23(29)16-14-21)24(27(33)28(31)34)26(32)22-11-8-7-9-12-22/h7-9,11-16,25,32H,3-6,10,17-20H2,1-2H3/t25-/m0/s1. The van der Waals surface area contributed by atoms with Crippen LogP contribution in [0.1, 0.15) is 63.1 Å². The maximum atomic E-state index is 13.1. The first-order valence-corrected chi connectivity index (χ1v) is 12.7. The van der Waals surface area contributed by atoms with E-state index in [9.17, 15) is 14.7 Å². The van der Waals surface area contributed by atoms with Crippen LogP contribution >= 0.6 is 11.6 Å². The molecule has 0 aromatic heterocycles. The lowest BCUT2D eigenvalue weighted by Gasteiger charge is -2.27. The Bertz CT molecular complexity index is 980. The van der Waals surface area contributed by atoms with Crippen molar-refractivity contribution in [1.82, 2.24) is 9.80 Å². The number of unbranched alkanes of at least 4 members (excludes halogenated alkanes) is 2. The molecule has 0 aliphatic carbocycles. The van der Waals surface area contributed by atoms with Gasteiger partial charge in [0.2, 0.25) is 0 Å². The molecule has 2 aromatic carbocycles. The number of benzene rings is 2. The van der Waals surface area contributed by atoms with Gasteiger partial charge < -0.3 is 14.9 Å². The maximum Gasteiger partial charge on any atom is 0.295 e. The summed E-state index contributed by atoms with van der Waals surface area (Å²) in [6.45, 7) is 7.79. The summed E-state index contributed by atoms with van der Waals surface area (Å²) in [4.78, 5) is 30.3. The van der Waals surface area contributed by atoms with Gasteiger partial charge in [-0.15, -0.1) is 0 Å². The highest BCUT2D eigenvalue weighted by atomic mass is 35.5. The number of hydrogen-bond donors (Lipinski definition) is 1. The Hall–Kier alpha value is -2.63. The third-order valence-corrected chi connectivity index (χ3v) is 6.55.